The number of benzene rings is 1. The zero-order valence-corrected chi connectivity index (χ0v) is 22.6. The predicted octanol–water partition coefficient (Wildman–Crippen LogP) is 3.80. The third kappa shape index (κ3) is 4.73. The van der Waals surface area contributed by atoms with Crippen molar-refractivity contribution in [3.05, 3.63) is 57.2 Å². The van der Waals surface area contributed by atoms with Gasteiger partial charge in [0, 0.05) is 50.2 Å². The van der Waals surface area contributed by atoms with Gasteiger partial charge >= 0.3 is 0 Å². The van der Waals surface area contributed by atoms with Crippen molar-refractivity contribution in [1.82, 2.24) is 23.8 Å². The number of piperazine rings is 1. The van der Waals surface area contributed by atoms with Crippen LogP contribution in [0.5, 0.6) is 11.6 Å². The molecule has 0 saturated carbocycles. The average Bonchev–Trinajstić information content (AvgIpc) is 3.27. The molecule has 0 unspecified atom stereocenters. The molecule has 1 aliphatic rings. The molecule has 0 bridgehead atoms. The normalized spacial score (nSPS) is 14.6. The van der Waals surface area contributed by atoms with E-state index in [-0.39, 0.29) is 5.56 Å². The Morgan fingerprint density at radius 1 is 1.00 bits per heavy atom. The molecule has 5 rings (SSSR count). The number of methoxy groups -OCH3 is 2. The Bertz CT molecular complexity index is 1490. The van der Waals surface area contributed by atoms with Crippen LogP contribution >= 0.6 is 11.6 Å². The van der Waals surface area contributed by atoms with Gasteiger partial charge < -0.3 is 18.9 Å². The maximum absolute atomic E-state index is 13.6. The van der Waals surface area contributed by atoms with E-state index in [1.807, 2.05) is 53.1 Å². The van der Waals surface area contributed by atoms with Crippen LogP contribution in [0.1, 0.15) is 24.9 Å². The van der Waals surface area contributed by atoms with Gasteiger partial charge in [0.25, 0.3) is 5.56 Å². The van der Waals surface area contributed by atoms with Crippen molar-refractivity contribution in [3.8, 4) is 11.6 Å². The number of aromatic nitrogens is 4. The van der Waals surface area contributed by atoms with E-state index in [2.05, 4.69) is 14.8 Å². The van der Waals surface area contributed by atoms with Gasteiger partial charge in [-0.15, -0.1) is 0 Å². The van der Waals surface area contributed by atoms with Crippen molar-refractivity contribution in [2.45, 2.75) is 33.2 Å². The summed E-state index contributed by atoms with van der Waals surface area (Å²) in [6.07, 6.45) is 1.56. The molecule has 37 heavy (non-hydrogen) atoms. The monoisotopic (exact) mass is 524 g/mol. The van der Waals surface area contributed by atoms with E-state index in [9.17, 15) is 4.79 Å². The molecule has 1 aromatic carbocycles. The highest BCUT2D eigenvalue weighted by Gasteiger charge is 2.21. The quantitative estimate of drug-likeness (QED) is 0.347. The van der Waals surface area contributed by atoms with Crippen LogP contribution in [0.25, 0.3) is 16.7 Å². The summed E-state index contributed by atoms with van der Waals surface area (Å²) in [4.78, 5) is 27.7. The van der Waals surface area contributed by atoms with Crippen LogP contribution in [0.3, 0.4) is 0 Å². The molecule has 196 valence electrons. The molecule has 0 spiro atoms. The average molecular weight is 525 g/mol. The van der Waals surface area contributed by atoms with Crippen LogP contribution in [0, 0.1) is 6.92 Å². The van der Waals surface area contributed by atoms with Crippen molar-refractivity contribution in [1.29, 1.82) is 0 Å². The molecule has 9 nitrogen and oxygen atoms in total. The molecule has 0 amide bonds. The van der Waals surface area contributed by atoms with Gasteiger partial charge in [-0.3, -0.25) is 14.1 Å². The number of aryl methyl sites for hydroxylation is 3. The van der Waals surface area contributed by atoms with Crippen molar-refractivity contribution in [2.24, 2.45) is 0 Å². The molecule has 0 atom stereocenters. The fourth-order valence-electron chi connectivity index (χ4n) is 5.25. The van der Waals surface area contributed by atoms with Crippen molar-refractivity contribution < 1.29 is 9.47 Å². The van der Waals surface area contributed by atoms with Gasteiger partial charge in [0.1, 0.15) is 17.1 Å². The lowest BCUT2D eigenvalue weighted by Crippen LogP contribution is -2.47. The van der Waals surface area contributed by atoms with Gasteiger partial charge in [0.05, 0.1) is 31.1 Å². The highest BCUT2D eigenvalue weighted by atomic mass is 35.5. The molecule has 0 radical (unpaired) electrons. The summed E-state index contributed by atoms with van der Waals surface area (Å²) < 4.78 is 14.7. The standard InChI is InChI=1S/C27H33ClN6O3/c1-5-23-29-18(2)25-27(35)33(20-8-10-24(37-4)30-26(20)34(23)25)12-6-11-31-13-15-32(16-14-31)21-17-19(28)7-9-22(21)36-3/h7-10,17H,5-6,11-16H2,1-4H3. The van der Waals surface area contributed by atoms with Crippen molar-refractivity contribution >= 4 is 34.0 Å². The first kappa shape index (κ1) is 25.4. The van der Waals surface area contributed by atoms with Crippen LogP contribution in [-0.2, 0) is 13.0 Å². The van der Waals surface area contributed by atoms with Crippen molar-refractivity contribution in [3.63, 3.8) is 0 Å². The number of anilines is 1. The lowest BCUT2D eigenvalue weighted by molar-refractivity contribution is 0.250. The van der Waals surface area contributed by atoms with Gasteiger partial charge in [-0.05, 0) is 44.2 Å². The third-order valence-electron chi connectivity index (χ3n) is 7.14. The van der Waals surface area contributed by atoms with Crippen LogP contribution in [-0.4, -0.2) is 70.8 Å². The molecule has 1 saturated heterocycles. The Labute approximate surface area is 221 Å². The molecular weight excluding hydrogens is 492 g/mol. The first-order valence-corrected chi connectivity index (χ1v) is 13.1. The second-order valence-corrected chi connectivity index (χ2v) is 9.74. The van der Waals surface area contributed by atoms with Crippen molar-refractivity contribution in [2.75, 3.05) is 51.8 Å². The summed E-state index contributed by atoms with van der Waals surface area (Å²) >= 11 is 6.24. The van der Waals surface area contributed by atoms with Gasteiger partial charge in [0.15, 0.2) is 5.65 Å². The largest absolute Gasteiger partial charge is 0.495 e. The van der Waals surface area contributed by atoms with Crippen LogP contribution in [0.2, 0.25) is 5.02 Å². The van der Waals surface area contributed by atoms with E-state index < -0.39 is 0 Å². The number of imidazole rings is 1. The smallest absolute Gasteiger partial charge is 0.277 e. The number of hydrogen-bond donors (Lipinski definition) is 0. The Balaban J connectivity index is 1.33. The van der Waals surface area contributed by atoms with E-state index in [0.717, 1.165) is 67.6 Å². The van der Waals surface area contributed by atoms with Gasteiger partial charge in [0.2, 0.25) is 5.88 Å². The Kier molecular flexibility index (Phi) is 7.26. The number of ether oxygens (including phenoxy) is 2. The van der Waals surface area contributed by atoms with E-state index in [0.29, 0.717) is 35.0 Å². The maximum Gasteiger partial charge on any atom is 0.277 e. The van der Waals surface area contributed by atoms with E-state index in [1.54, 1.807) is 14.2 Å². The Morgan fingerprint density at radius 3 is 2.49 bits per heavy atom. The Morgan fingerprint density at radius 2 is 1.78 bits per heavy atom. The van der Waals surface area contributed by atoms with Crippen LogP contribution in [0.15, 0.2) is 35.1 Å². The first-order chi connectivity index (χ1) is 17.9. The van der Waals surface area contributed by atoms with E-state index >= 15 is 0 Å². The predicted molar refractivity (Wildman–Crippen MR) is 147 cm³/mol. The van der Waals surface area contributed by atoms with E-state index in [4.69, 9.17) is 26.1 Å². The minimum Gasteiger partial charge on any atom is -0.495 e. The van der Waals surface area contributed by atoms with Gasteiger partial charge in [-0.2, -0.15) is 4.98 Å². The number of halogens is 1. The number of fused-ring (bicyclic) bond motifs is 3. The molecular formula is C27H33ClN6O3. The highest BCUT2D eigenvalue weighted by molar-refractivity contribution is 6.30. The summed E-state index contributed by atoms with van der Waals surface area (Å²) in [6, 6.07) is 9.47. The number of rotatable bonds is 8. The minimum absolute atomic E-state index is 0.0259. The molecule has 4 heterocycles. The highest BCUT2D eigenvalue weighted by Crippen LogP contribution is 2.32. The third-order valence-corrected chi connectivity index (χ3v) is 7.37. The van der Waals surface area contributed by atoms with Crippen LogP contribution < -0.4 is 19.9 Å². The fourth-order valence-corrected chi connectivity index (χ4v) is 5.42. The topological polar surface area (TPSA) is 77.1 Å². The van der Waals surface area contributed by atoms with E-state index in [1.165, 1.54) is 0 Å². The Hall–Kier alpha value is -3.30. The zero-order chi connectivity index (χ0) is 26.1. The summed E-state index contributed by atoms with van der Waals surface area (Å²) in [5.74, 6) is 2.18. The molecule has 0 aliphatic carbocycles. The molecule has 1 fully saturated rings. The van der Waals surface area contributed by atoms with Gasteiger partial charge in [-0.1, -0.05) is 18.5 Å². The maximum atomic E-state index is 13.6. The fraction of sp³-hybridized carbons (Fsp3) is 0.444. The summed E-state index contributed by atoms with van der Waals surface area (Å²) in [5.41, 5.74) is 3.83. The van der Waals surface area contributed by atoms with Gasteiger partial charge in [-0.25, -0.2) is 4.98 Å². The minimum atomic E-state index is -0.0259. The molecule has 10 heteroatoms. The summed E-state index contributed by atoms with van der Waals surface area (Å²) in [7, 11) is 3.29. The number of pyridine rings is 1. The molecule has 4 aromatic rings. The first-order valence-electron chi connectivity index (χ1n) is 12.7. The molecule has 1 aliphatic heterocycles. The molecule has 3 aromatic heterocycles. The summed E-state index contributed by atoms with van der Waals surface area (Å²) in [6.45, 7) is 9.09. The summed E-state index contributed by atoms with van der Waals surface area (Å²) in [5, 5.41) is 0.708. The number of nitrogens with zero attached hydrogens (tertiary/aromatic N) is 6. The second kappa shape index (κ2) is 10.6. The second-order valence-electron chi connectivity index (χ2n) is 9.30. The SMILES string of the molecule is CCc1nc(C)c2c(=O)n(CCCN3CCN(c4cc(Cl)ccc4OC)CC3)c3ccc(OC)nc3n12. The van der Waals surface area contributed by atoms with Crippen LogP contribution in [0.4, 0.5) is 5.69 Å². The molecule has 0 N–H and O–H groups in total. The lowest BCUT2D eigenvalue weighted by atomic mass is 10.2. The lowest BCUT2D eigenvalue weighted by Gasteiger charge is -2.36. The zero-order valence-electron chi connectivity index (χ0n) is 21.8. The number of hydrogen-bond acceptors (Lipinski definition) is 7.